The summed E-state index contributed by atoms with van der Waals surface area (Å²) in [6, 6.07) is 17.6. The first-order valence-electron chi connectivity index (χ1n) is 9.42. The number of ether oxygens (including phenoxy) is 1. The van der Waals surface area contributed by atoms with Crippen LogP contribution in [0, 0.1) is 0 Å². The van der Waals surface area contributed by atoms with Crippen molar-refractivity contribution < 1.29 is 4.74 Å². The van der Waals surface area contributed by atoms with Crippen LogP contribution < -0.4 is 0 Å². The second-order valence-electron chi connectivity index (χ2n) is 8.30. The fourth-order valence-corrected chi connectivity index (χ4v) is 3.44. The van der Waals surface area contributed by atoms with E-state index in [-0.39, 0.29) is 5.41 Å². The molecule has 2 nitrogen and oxygen atoms in total. The molecule has 2 aromatic rings. The van der Waals surface area contributed by atoms with E-state index >= 15 is 0 Å². The number of benzene rings is 2. The van der Waals surface area contributed by atoms with Gasteiger partial charge in [-0.25, -0.2) is 0 Å². The summed E-state index contributed by atoms with van der Waals surface area (Å²) in [5, 5.41) is 0. The Morgan fingerprint density at radius 3 is 2.24 bits per heavy atom. The number of rotatable bonds is 4. The number of nitrogens with zero attached hydrogens (tertiary/aromatic N) is 1. The lowest BCUT2D eigenvalue weighted by Crippen LogP contribution is -2.34. The zero-order valence-electron chi connectivity index (χ0n) is 16.1. The van der Waals surface area contributed by atoms with Crippen LogP contribution in [0.1, 0.15) is 44.7 Å². The predicted molar refractivity (Wildman–Crippen MR) is 106 cm³/mol. The molecular weight excluding hydrogens is 306 g/mol. The number of hydrogen-bond donors (Lipinski definition) is 0. The minimum Gasteiger partial charge on any atom is -0.373 e. The molecule has 1 saturated heterocycles. The molecule has 0 amide bonds. The molecule has 1 heterocycles. The van der Waals surface area contributed by atoms with Gasteiger partial charge in [0.25, 0.3) is 0 Å². The smallest absolute Gasteiger partial charge is 0.0726 e. The SMILES string of the molecule is CN1CCC(OCc2ccccc2-c2ccc(C(C)(C)C)cc2)CC1. The number of piperidine rings is 1. The third-order valence-electron chi connectivity index (χ3n) is 5.22. The standard InChI is InChI=1S/C23H31NO/c1-23(2,3)20-11-9-18(10-12-20)22-8-6-5-7-19(22)17-25-21-13-15-24(4)16-14-21/h5-12,21H,13-17H2,1-4H3. The molecule has 0 N–H and O–H groups in total. The van der Waals surface area contributed by atoms with Gasteiger partial charge in [0, 0.05) is 13.1 Å². The molecule has 0 bridgehead atoms. The molecule has 2 aromatic carbocycles. The summed E-state index contributed by atoms with van der Waals surface area (Å²) in [5.41, 5.74) is 5.41. The topological polar surface area (TPSA) is 12.5 Å². The van der Waals surface area contributed by atoms with E-state index in [0.29, 0.717) is 12.7 Å². The van der Waals surface area contributed by atoms with Gasteiger partial charge < -0.3 is 9.64 Å². The first kappa shape index (κ1) is 18.2. The maximum absolute atomic E-state index is 6.23. The summed E-state index contributed by atoms with van der Waals surface area (Å²) in [5.74, 6) is 0. The number of hydrogen-bond acceptors (Lipinski definition) is 2. The largest absolute Gasteiger partial charge is 0.373 e. The molecule has 0 saturated carbocycles. The molecule has 134 valence electrons. The fraction of sp³-hybridized carbons (Fsp3) is 0.478. The zero-order valence-corrected chi connectivity index (χ0v) is 16.1. The average Bonchev–Trinajstić information content (AvgIpc) is 2.61. The maximum atomic E-state index is 6.23. The fourth-order valence-electron chi connectivity index (χ4n) is 3.44. The van der Waals surface area contributed by atoms with Gasteiger partial charge >= 0.3 is 0 Å². The van der Waals surface area contributed by atoms with Crippen LogP contribution in [0.25, 0.3) is 11.1 Å². The van der Waals surface area contributed by atoms with E-state index in [1.165, 1.54) is 22.3 Å². The minimum atomic E-state index is 0.190. The Balaban J connectivity index is 1.72. The van der Waals surface area contributed by atoms with Crippen molar-refractivity contribution in [2.24, 2.45) is 0 Å². The van der Waals surface area contributed by atoms with Crippen molar-refractivity contribution in [2.75, 3.05) is 20.1 Å². The molecular formula is C23H31NO. The highest BCUT2D eigenvalue weighted by molar-refractivity contribution is 5.67. The third-order valence-corrected chi connectivity index (χ3v) is 5.22. The molecule has 25 heavy (non-hydrogen) atoms. The van der Waals surface area contributed by atoms with Crippen molar-refractivity contribution in [2.45, 2.75) is 51.7 Å². The van der Waals surface area contributed by atoms with Gasteiger partial charge in [0.15, 0.2) is 0 Å². The quantitative estimate of drug-likeness (QED) is 0.754. The molecule has 0 atom stereocenters. The maximum Gasteiger partial charge on any atom is 0.0726 e. The normalized spacial score (nSPS) is 17.0. The molecule has 1 aliphatic heterocycles. The summed E-state index contributed by atoms with van der Waals surface area (Å²) in [6.45, 7) is 9.74. The van der Waals surface area contributed by atoms with Crippen molar-refractivity contribution in [3.05, 3.63) is 59.7 Å². The third kappa shape index (κ3) is 4.71. The zero-order chi connectivity index (χ0) is 17.9. The molecule has 0 spiro atoms. The Hall–Kier alpha value is -1.64. The minimum absolute atomic E-state index is 0.190. The van der Waals surface area contributed by atoms with Crippen molar-refractivity contribution >= 4 is 0 Å². The highest BCUT2D eigenvalue weighted by atomic mass is 16.5. The highest BCUT2D eigenvalue weighted by Crippen LogP contribution is 2.29. The van der Waals surface area contributed by atoms with Crippen LogP contribution in [-0.2, 0) is 16.8 Å². The summed E-state index contributed by atoms with van der Waals surface area (Å²) >= 11 is 0. The van der Waals surface area contributed by atoms with Gasteiger partial charge in [-0.1, -0.05) is 69.3 Å². The lowest BCUT2D eigenvalue weighted by atomic mass is 9.86. The predicted octanol–water partition coefficient (Wildman–Crippen LogP) is 5.26. The second-order valence-corrected chi connectivity index (χ2v) is 8.30. The Labute approximate surface area is 152 Å². The van der Waals surface area contributed by atoms with Crippen LogP contribution in [0.15, 0.2) is 48.5 Å². The van der Waals surface area contributed by atoms with Gasteiger partial charge in [-0.2, -0.15) is 0 Å². The van der Waals surface area contributed by atoms with Crippen molar-refractivity contribution in [1.29, 1.82) is 0 Å². The van der Waals surface area contributed by atoms with Crippen LogP contribution in [0.5, 0.6) is 0 Å². The summed E-state index contributed by atoms with van der Waals surface area (Å²) in [4.78, 5) is 2.38. The van der Waals surface area contributed by atoms with Crippen LogP contribution in [0.2, 0.25) is 0 Å². The monoisotopic (exact) mass is 337 g/mol. The van der Waals surface area contributed by atoms with Crippen molar-refractivity contribution in [3.8, 4) is 11.1 Å². The van der Waals surface area contributed by atoms with E-state index in [2.05, 4.69) is 81.2 Å². The molecule has 2 heteroatoms. The Bertz CT molecular complexity index is 676. The van der Waals surface area contributed by atoms with Crippen LogP contribution in [0.4, 0.5) is 0 Å². The molecule has 3 rings (SSSR count). The average molecular weight is 338 g/mol. The van der Waals surface area contributed by atoms with E-state index in [4.69, 9.17) is 4.74 Å². The van der Waals surface area contributed by atoms with Gasteiger partial charge in [0.05, 0.1) is 12.7 Å². The van der Waals surface area contributed by atoms with E-state index in [1.54, 1.807) is 0 Å². The molecule has 0 aromatic heterocycles. The van der Waals surface area contributed by atoms with Gasteiger partial charge in [-0.05, 0) is 47.6 Å². The first-order valence-corrected chi connectivity index (χ1v) is 9.42. The summed E-state index contributed by atoms with van der Waals surface area (Å²) < 4.78 is 6.23. The van der Waals surface area contributed by atoms with Gasteiger partial charge in [0.2, 0.25) is 0 Å². The molecule has 0 aliphatic carbocycles. The molecule has 0 radical (unpaired) electrons. The van der Waals surface area contributed by atoms with Crippen molar-refractivity contribution in [3.63, 3.8) is 0 Å². The first-order chi connectivity index (χ1) is 11.9. The van der Waals surface area contributed by atoms with Crippen LogP contribution in [0.3, 0.4) is 0 Å². The summed E-state index contributed by atoms with van der Waals surface area (Å²) in [7, 11) is 2.19. The summed E-state index contributed by atoms with van der Waals surface area (Å²) in [6.07, 6.45) is 2.67. The lowest BCUT2D eigenvalue weighted by Gasteiger charge is -2.29. The highest BCUT2D eigenvalue weighted by Gasteiger charge is 2.18. The van der Waals surface area contributed by atoms with E-state index in [1.807, 2.05) is 0 Å². The van der Waals surface area contributed by atoms with Crippen LogP contribution >= 0.6 is 0 Å². The van der Waals surface area contributed by atoms with Gasteiger partial charge in [-0.3, -0.25) is 0 Å². The Kier molecular flexibility index (Phi) is 5.61. The van der Waals surface area contributed by atoms with E-state index < -0.39 is 0 Å². The lowest BCUT2D eigenvalue weighted by molar-refractivity contribution is 0.00232. The molecule has 1 fully saturated rings. The molecule has 0 unspecified atom stereocenters. The van der Waals surface area contributed by atoms with Crippen LogP contribution in [-0.4, -0.2) is 31.1 Å². The second kappa shape index (κ2) is 7.72. The van der Waals surface area contributed by atoms with E-state index in [0.717, 1.165) is 25.9 Å². The van der Waals surface area contributed by atoms with Gasteiger partial charge in [-0.15, -0.1) is 0 Å². The Morgan fingerprint density at radius 2 is 1.60 bits per heavy atom. The van der Waals surface area contributed by atoms with E-state index in [9.17, 15) is 0 Å². The molecule has 1 aliphatic rings. The van der Waals surface area contributed by atoms with Crippen molar-refractivity contribution in [1.82, 2.24) is 4.90 Å². The van der Waals surface area contributed by atoms with Gasteiger partial charge in [0.1, 0.15) is 0 Å². The Morgan fingerprint density at radius 1 is 0.960 bits per heavy atom. The number of likely N-dealkylation sites (tertiary alicyclic amines) is 1.